The predicted octanol–water partition coefficient (Wildman–Crippen LogP) is 5.31. The predicted molar refractivity (Wildman–Crippen MR) is 134 cm³/mol. The van der Waals surface area contributed by atoms with Gasteiger partial charge in [0.2, 0.25) is 0 Å². The molecule has 1 atom stereocenters. The summed E-state index contributed by atoms with van der Waals surface area (Å²) in [4.78, 5) is 20.7. The van der Waals surface area contributed by atoms with Crippen LogP contribution in [0.25, 0.3) is 10.9 Å². The Morgan fingerprint density at radius 2 is 1.79 bits per heavy atom. The SMILES string of the molecule is CN(C)C1(c2ccccc2)CCC(CNC(=O)N2CCC(c3c[nH]c4ccccc34)C2)CC1. The van der Waals surface area contributed by atoms with E-state index in [0.29, 0.717) is 11.8 Å². The molecule has 1 aliphatic carbocycles. The molecule has 1 aliphatic heterocycles. The molecule has 5 nitrogen and oxygen atoms in total. The van der Waals surface area contributed by atoms with E-state index in [1.807, 2.05) is 4.90 Å². The molecule has 2 fully saturated rings. The van der Waals surface area contributed by atoms with Gasteiger partial charge in [-0.1, -0.05) is 48.5 Å². The van der Waals surface area contributed by atoms with Gasteiger partial charge in [0.1, 0.15) is 0 Å². The van der Waals surface area contributed by atoms with Crippen LogP contribution in [0.15, 0.2) is 60.8 Å². The standard InChI is InChI=1S/C28H36N4O/c1-31(2)28(23-8-4-3-5-9-23)15-12-21(13-16-28)18-30-27(33)32-17-14-22(20-32)25-19-29-26-11-7-6-10-24(25)26/h3-11,19,21-22,29H,12-18,20H2,1-2H3,(H,30,33). The maximum atomic E-state index is 12.9. The zero-order valence-electron chi connectivity index (χ0n) is 19.9. The van der Waals surface area contributed by atoms with Gasteiger partial charge >= 0.3 is 6.03 Å². The van der Waals surface area contributed by atoms with Gasteiger partial charge in [0.15, 0.2) is 0 Å². The molecule has 2 heterocycles. The molecule has 0 radical (unpaired) electrons. The average Bonchev–Trinajstić information content (AvgIpc) is 3.50. The number of benzene rings is 2. The Kier molecular flexibility index (Phi) is 6.15. The maximum Gasteiger partial charge on any atom is 0.317 e. The summed E-state index contributed by atoms with van der Waals surface area (Å²) in [6.07, 6.45) is 7.72. The quantitative estimate of drug-likeness (QED) is 0.560. The van der Waals surface area contributed by atoms with E-state index in [1.54, 1.807) is 0 Å². The lowest BCUT2D eigenvalue weighted by atomic mass is 9.72. The third-order valence-electron chi connectivity index (χ3n) is 8.18. The summed E-state index contributed by atoms with van der Waals surface area (Å²) in [6.45, 7) is 2.42. The molecule has 2 aliphatic rings. The number of urea groups is 1. The summed E-state index contributed by atoms with van der Waals surface area (Å²) in [5.41, 5.74) is 4.05. The Bertz CT molecular complexity index is 1080. The van der Waals surface area contributed by atoms with E-state index in [-0.39, 0.29) is 11.6 Å². The first-order valence-corrected chi connectivity index (χ1v) is 12.4. The minimum absolute atomic E-state index is 0.102. The fourth-order valence-corrected chi connectivity index (χ4v) is 6.08. The number of H-pyrrole nitrogens is 1. The molecular weight excluding hydrogens is 408 g/mol. The van der Waals surface area contributed by atoms with E-state index in [2.05, 4.69) is 90.1 Å². The van der Waals surface area contributed by atoms with Crippen molar-refractivity contribution in [3.63, 3.8) is 0 Å². The number of carbonyl (C=O) groups is 1. The number of fused-ring (bicyclic) bond motifs is 1. The zero-order valence-corrected chi connectivity index (χ0v) is 19.9. The van der Waals surface area contributed by atoms with Crippen molar-refractivity contribution in [2.75, 3.05) is 33.7 Å². The van der Waals surface area contributed by atoms with Gasteiger partial charge in [0.25, 0.3) is 0 Å². The number of likely N-dealkylation sites (tertiary alicyclic amines) is 1. The molecule has 174 valence electrons. The van der Waals surface area contributed by atoms with Gasteiger partial charge in [0, 0.05) is 48.2 Å². The molecule has 1 saturated carbocycles. The van der Waals surface area contributed by atoms with Gasteiger partial charge in [-0.15, -0.1) is 0 Å². The van der Waals surface area contributed by atoms with Crippen LogP contribution in [0.1, 0.15) is 49.1 Å². The van der Waals surface area contributed by atoms with E-state index < -0.39 is 0 Å². The number of carbonyl (C=O) groups excluding carboxylic acids is 1. The largest absolute Gasteiger partial charge is 0.361 e. The van der Waals surface area contributed by atoms with E-state index in [9.17, 15) is 4.79 Å². The van der Waals surface area contributed by atoms with Crippen molar-refractivity contribution in [2.45, 2.75) is 43.6 Å². The molecule has 5 rings (SSSR count). The second-order valence-electron chi connectivity index (χ2n) is 10.1. The summed E-state index contributed by atoms with van der Waals surface area (Å²) >= 11 is 0. The number of rotatable bonds is 5. The summed E-state index contributed by atoms with van der Waals surface area (Å²) < 4.78 is 0. The monoisotopic (exact) mass is 444 g/mol. The normalized spacial score (nSPS) is 25.6. The maximum absolute atomic E-state index is 12.9. The summed E-state index contributed by atoms with van der Waals surface area (Å²) in [7, 11) is 4.40. The lowest BCUT2D eigenvalue weighted by molar-refractivity contribution is 0.0772. The molecule has 33 heavy (non-hydrogen) atoms. The van der Waals surface area contributed by atoms with E-state index in [4.69, 9.17) is 0 Å². The Balaban J connectivity index is 1.14. The molecule has 0 bridgehead atoms. The highest BCUT2D eigenvalue weighted by Gasteiger charge is 2.38. The third-order valence-corrected chi connectivity index (χ3v) is 8.18. The highest BCUT2D eigenvalue weighted by Crippen LogP contribution is 2.43. The Labute approximate surface area is 197 Å². The number of hydrogen-bond donors (Lipinski definition) is 2. The lowest BCUT2D eigenvalue weighted by Gasteiger charge is -2.45. The van der Waals surface area contributed by atoms with Crippen LogP contribution in [0.4, 0.5) is 4.79 Å². The van der Waals surface area contributed by atoms with Crippen molar-refractivity contribution >= 4 is 16.9 Å². The average molecular weight is 445 g/mol. The van der Waals surface area contributed by atoms with Crippen LogP contribution in [0.3, 0.4) is 0 Å². The molecule has 2 N–H and O–H groups in total. The molecule has 1 aromatic heterocycles. The highest BCUT2D eigenvalue weighted by molar-refractivity contribution is 5.84. The minimum Gasteiger partial charge on any atom is -0.361 e. The van der Waals surface area contributed by atoms with Crippen LogP contribution < -0.4 is 5.32 Å². The van der Waals surface area contributed by atoms with Crippen LogP contribution in [0, 0.1) is 5.92 Å². The Morgan fingerprint density at radius 1 is 1.06 bits per heavy atom. The summed E-state index contributed by atoms with van der Waals surface area (Å²) in [6, 6.07) is 19.5. The van der Waals surface area contributed by atoms with Crippen LogP contribution in [-0.2, 0) is 5.54 Å². The zero-order chi connectivity index (χ0) is 22.8. The Hall–Kier alpha value is -2.79. The smallest absolute Gasteiger partial charge is 0.317 e. The second kappa shape index (κ2) is 9.22. The number of para-hydroxylation sites is 1. The van der Waals surface area contributed by atoms with E-state index in [0.717, 1.165) is 51.7 Å². The number of amides is 2. The number of nitrogens with zero attached hydrogens (tertiary/aromatic N) is 2. The number of aromatic nitrogens is 1. The number of aromatic amines is 1. The third kappa shape index (κ3) is 4.26. The van der Waals surface area contributed by atoms with Gasteiger partial charge in [-0.2, -0.15) is 0 Å². The lowest BCUT2D eigenvalue weighted by Crippen LogP contribution is -2.46. The molecule has 0 spiro atoms. The van der Waals surface area contributed by atoms with Crippen LogP contribution in [0.2, 0.25) is 0 Å². The molecule has 3 aromatic rings. The van der Waals surface area contributed by atoms with Gasteiger partial charge in [-0.05, 0) is 69.3 Å². The van der Waals surface area contributed by atoms with Crippen LogP contribution in [0.5, 0.6) is 0 Å². The molecule has 1 saturated heterocycles. The minimum atomic E-state index is 0.102. The molecular formula is C28H36N4O. The van der Waals surface area contributed by atoms with E-state index >= 15 is 0 Å². The van der Waals surface area contributed by atoms with Crippen LogP contribution >= 0.6 is 0 Å². The number of nitrogens with one attached hydrogen (secondary N) is 2. The van der Waals surface area contributed by atoms with Gasteiger partial charge in [0.05, 0.1) is 0 Å². The first kappa shape index (κ1) is 22.0. The fraction of sp³-hybridized carbons (Fsp3) is 0.464. The topological polar surface area (TPSA) is 51.4 Å². The first-order valence-electron chi connectivity index (χ1n) is 12.4. The number of hydrogen-bond acceptors (Lipinski definition) is 2. The second-order valence-corrected chi connectivity index (χ2v) is 10.1. The summed E-state index contributed by atoms with van der Waals surface area (Å²) in [5, 5.41) is 4.55. The molecule has 2 amide bonds. The fourth-order valence-electron chi connectivity index (χ4n) is 6.08. The summed E-state index contributed by atoms with van der Waals surface area (Å²) in [5.74, 6) is 0.964. The van der Waals surface area contributed by atoms with Crippen LogP contribution in [-0.4, -0.2) is 54.5 Å². The van der Waals surface area contributed by atoms with Gasteiger partial charge in [-0.25, -0.2) is 4.79 Å². The van der Waals surface area contributed by atoms with Crippen molar-refractivity contribution in [1.29, 1.82) is 0 Å². The first-order chi connectivity index (χ1) is 16.1. The van der Waals surface area contributed by atoms with Gasteiger partial charge < -0.3 is 15.2 Å². The van der Waals surface area contributed by atoms with Crippen molar-refractivity contribution in [2.24, 2.45) is 5.92 Å². The molecule has 1 unspecified atom stereocenters. The Morgan fingerprint density at radius 3 is 2.55 bits per heavy atom. The van der Waals surface area contributed by atoms with Crippen molar-refractivity contribution in [3.8, 4) is 0 Å². The highest BCUT2D eigenvalue weighted by atomic mass is 16.2. The van der Waals surface area contributed by atoms with E-state index in [1.165, 1.54) is 22.0 Å². The molecule has 2 aromatic carbocycles. The molecule has 5 heteroatoms. The van der Waals surface area contributed by atoms with Gasteiger partial charge in [-0.3, -0.25) is 4.90 Å². The van der Waals surface area contributed by atoms with Crippen molar-refractivity contribution in [3.05, 3.63) is 71.9 Å². The van der Waals surface area contributed by atoms with Crippen molar-refractivity contribution < 1.29 is 4.79 Å². The van der Waals surface area contributed by atoms with Crippen molar-refractivity contribution in [1.82, 2.24) is 20.1 Å².